The normalized spacial score (nSPS) is 15.6. The van der Waals surface area contributed by atoms with E-state index in [1.54, 1.807) is 22.8 Å². The fourth-order valence-corrected chi connectivity index (χ4v) is 3.77. The van der Waals surface area contributed by atoms with Crippen molar-refractivity contribution < 1.29 is 14.3 Å². The second-order valence-corrected chi connectivity index (χ2v) is 6.99. The molecule has 1 unspecified atom stereocenters. The molecule has 2 aromatic carbocycles. The molecule has 1 N–H and O–H groups in total. The molecule has 0 saturated carbocycles. The quantitative estimate of drug-likeness (QED) is 0.642. The van der Waals surface area contributed by atoms with Gasteiger partial charge in [-0.2, -0.15) is 0 Å². The summed E-state index contributed by atoms with van der Waals surface area (Å²) in [5.74, 6) is -1.40. The molecule has 0 radical (unpaired) electrons. The van der Waals surface area contributed by atoms with Crippen molar-refractivity contribution in [2.45, 2.75) is 18.9 Å². The number of carbonyl (C=O) groups is 2. The maximum atomic E-state index is 12.7. The van der Waals surface area contributed by atoms with Gasteiger partial charge >= 0.3 is 5.97 Å². The Morgan fingerprint density at radius 1 is 1.14 bits per heavy atom. The van der Waals surface area contributed by atoms with E-state index in [2.05, 4.69) is 10.3 Å². The summed E-state index contributed by atoms with van der Waals surface area (Å²) in [6.07, 6.45) is 0.0300. The van der Waals surface area contributed by atoms with Gasteiger partial charge in [-0.1, -0.05) is 48.0 Å². The maximum absolute atomic E-state index is 12.7. The lowest BCUT2D eigenvalue weighted by molar-refractivity contribution is -0.148. The minimum Gasteiger partial charge on any atom is -0.459 e. The number of aromatic nitrogens is 2. The number of para-hydroxylation sites is 2. The second kappa shape index (κ2) is 7.66. The van der Waals surface area contributed by atoms with Crippen molar-refractivity contribution in [2.75, 3.05) is 5.32 Å². The highest BCUT2D eigenvalue weighted by Crippen LogP contribution is 2.33. The van der Waals surface area contributed by atoms with E-state index in [-0.39, 0.29) is 29.4 Å². The molecular formula is C20H15Cl2N3O3. The van der Waals surface area contributed by atoms with E-state index in [0.29, 0.717) is 11.4 Å². The predicted molar refractivity (Wildman–Crippen MR) is 106 cm³/mol. The van der Waals surface area contributed by atoms with Crippen LogP contribution in [-0.4, -0.2) is 21.4 Å². The highest BCUT2D eigenvalue weighted by Gasteiger charge is 2.32. The zero-order valence-electron chi connectivity index (χ0n) is 14.6. The molecule has 1 aliphatic heterocycles. The van der Waals surface area contributed by atoms with Crippen molar-refractivity contribution >= 4 is 40.8 Å². The van der Waals surface area contributed by atoms with Crippen molar-refractivity contribution in [3.63, 3.8) is 0 Å². The van der Waals surface area contributed by atoms with Crippen LogP contribution in [0.25, 0.3) is 5.69 Å². The second-order valence-electron chi connectivity index (χ2n) is 6.29. The van der Waals surface area contributed by atoms with Crippen molar-refractivity contribution in [3.05, 3.63) is 76.3 Å². The molecule has 1 aliphatic rings. The third-order valence-corrected chi connectivity index (χ3v) is 5.09. The van der Waals surface area contributed by atoms with Gasteiger partial charge in [-0.15, -0.1) is 0 Å². The molecule has 8 heteroatoms. The zero-order valence-corrected chi connectivity index (χ0v) is 16.1. The number of amides is 1. The number of nitrogens with zero attached hydrogens (tertiary/aromatic N) is 2. The van der Waals surface area contributed by atoms with Crippen molar-refractivity contribution in [1.29, 1.82) is 0 Å². The fraction of sp³-hybridized carbons (Fsp3) is 0.150. The molecule has 0 saturated heterocycles. The van der Waals surface area contributed by atoms with E-state index in [1.165, 1.54) is 0 Å². The molecule has 3 aromatic rings. The molecule has 0 aliphatic carbocycles. The van der Waals surface area contributed by atoms with Gasteiger partial charge in [0.05, 0.1) is 5.92 Å². The Morgan fingerprint density at radius 3 is 2.64 bits per heavy atom. The van der Waals surface area contributed by atoms with Gasteiger partial charge in [-0.05, 0) is 35.4 Å². The molecule has 0 fully saturated rings. The van der Waals surface area contributed by atoms with Crippen LogP contribution in [0.3, 0.4) is 0 Å². The molecule has 6 nitrogen and oxygen atoms in total. The molecular weight excluding hydrogens is 401 g/mol. The van der Waals surface area contributed by atoms with Gasteiger partial charge in [0.15, 0.2) is 5.15 Å². The Balaban J connectivity index is 1.58. The average Bonchev–Trinajstić information content (AvgIpc) is 2.99. The third-order valence-electron chi connectivity index (χ3n) is 4.53. The molecule has 142 valence electrons. The molecule has 1 aromatic heterocycles. The first-order chi connectivity index (χ1) is 13.5. The number of hydrogen-bond acceptors (Lipinski definition) is 4. The number of rotatable bonds is 4. The monoisotopic (exact) mass is 415 g/mol. The Kier molecular flexibility index (Phi) is 5.07. The molecule has 2 heterocycles. The molecule has 4 rings (SSSR count). The van der Waals surface area contributed by atoms with Crippen molar-refractivity contribution in [3.8, 4) is 5.69 Å². The Bertz CT molecular complexity index is 1050. The van der Waals surface area contributed by atoms with Gasteiger partial charge in [0, 0.05) is 17.8 Å². The summed E-state index contributed by atoms with van der Waals surface area (Å²) in [7, 11) is 0. The van der Waals surface area contributed by atoms with Gasteiger partial charge in [0.25, 0.3) is 0 Å². The van der Waals surface area contributed by atoms with E-state index in [9.17, 15) is 9.59 Å². The lowest BCUT2D eigenvalue weighted by Crippen LogP contribution is -2.28. The molecule has 1 atom stereocenters. The van der Waals surface area contributed by atoms with Crippen molar-refractivity contribution in [2.24, 2.45) is 0 Å². The first-order valence-electron chi connectivity index (χ1n) is 8.58. The van der Waals surface area contributed by atoms with Gasteiger partial charge < -0.3 is 10.1 Å². The van der Waals surface area contributed by atoms with Crippen LogP contribution in [0.5, 0.6) is 0 Å². The average molecular weight is 416 g/mol. The number of fused-ring (bicyclic) bond motifs is 1. The van der Waals surface area contributed by atoms with Crippen LogP contribution in [-0.2, 0) is 20.9 Å². The van der Waals surface area contributed by atoms with Crippen LogP contribution in [0, 0.1) is 0 Å². The van der Waals surface area contributed by atoms with Gasteiger partial charge in [-0.25, -0.2) is 4.98 Å². The SMILES string of the molecule is O=C1CC(C(=O)OCc2c(Cl)nc(Cl)n2-c2ccccc2)c2ccccc2N1. The summed E-state index contributed by atoms with van der Waals surface area (Å²) in [5, 5.41) is 3.09. The Labute approximate surface area is 171 Å². The number of esters is 1. The fourth-order valence-electron chi connectivity index (χ4n) is 3.22. The van der Waals surface area contributed by atoms with Gasteiger partial charge in [0.1, 0.15) is 12.3 Å². The first kappa shape index (κ1) is 18.5. The van der Waals surface area contributed by atoms with Crippen LogP contribution < -0.4 is 5.32 Å². The molecule has 0 bridgehead atoms. The van der Waals surface area contributed by atoms with E-state index in [0.717, 1.165) is 11.3 Å². The van der Waals surface area contributed by atoms with E-state index in [1.807, 2.05) is 36.4 Å². The number of carbonyl (C=O) groups excluding carboxylic acids is 2. The Morgan fingerprint density at radius 2 is 1.86 bits per heavy atom. The van der Waals surface area contributed by atoms with Crippen LogP contribution in [0.4, 0.5) is 5.69 Å². The number of anilines is 1. The van der Waals surface area contributed by atoms with E-state index >= 15 is 0 Å². The molecule has 1 amide bonds. The van der Waals surface area contributed by atoms with Gasteiger partial charge in [0.2, 0.25) is 11.2 Å². The topological polar surface area (TPSA) is 73.2 Å². The minimum atomic E-state index is -0.674. The van der Waals surface area contributed by atoms with Crippen molar-refractivity contribution in [1.82, 2.24) is 9.55 Å². The zero-order chi connectivity index (χ0) is 19.7. The number of imidazole rings is 1. The summed E-state index contributed by atoms with van der Waals surface area (Å²) in [6.45, 7) is -0.118. The smallest absolute Gasteiger partial charge is 0.314 e. The van der Waals surface area contributed by atoms with E-state index in [4.69, 9.17) is 27.9 Å². The highest BCUT2D eigenvalue weighted by molar-refractivity contribution is 6.33. The summed E-state index contributed by atoms with van der Waals surface area (Å²) in [5.41, 5.74) is 2.56. The largest absolute Gasteiger partial charge is 0.459 e. The number of halogens is 2. The van der Waals surface area contributed by atoms with E-state index < -0.39 is 11.9 Å². The first-order valence-corrected chi connectivity index (χ1v) is 9.33. The number of benzene rings is 2. The predicted octanol–water partition coefficient (Wildman–Crippen LogP) is 4.35. The summed E-state index contributed by atoms with van der Waals surface area (Å²) in [6, 6.07) is 16.5. The van der Waals surface area contributed by atoms with Crippen LogP contribution >= 0.6 is 23.2 Å². The van der Waals surface area contributed by atoms with Crippen LogP contribution in [0.1, 0.15) is 23.6 Å². The van der Waals surface area contributed by atoms with Gasteiger partial charge in [-0.3, -0.25) is 14.2 Å². The summed E-state index contributed by atoms with van der Waals surface area (Å²) >= 11 is 12.4. The summed E-state index contributed by atoms with van der Waals surface area (Å²) < 4.78 is 7.13. The maximum Gasteiger partial charge on any atom is 0.314 e. The molecule has 0 spiro atoms. The number of nitrogens with one attached hydrogen (secondary N) is 1. The van der Waals surface area contributed by atoms with Crippen LogP contribution in [0.15, 0.2) is 54.6 Å². The lowest BCUT2D eigenvalue weighted by atomic mass is 9.91. The Hall–Kier alpha value is -2.83. The van der Waals surface area contributed by atoms with Crippen LogP contribution in [0.2, 0.25) is 10.4 Å². The lowest BCUT2D eigenvalue weighted by Gasteiger charge is -2.24. The number of ether oxygens (including phenoxy) is 1. The highest BCUT2D eigenvalue weighted by atomic mass is 35.5. The minimum absolute atomic E-state index is 0.0300. The number of hydrogen-bond donors (Lipinski definition) is 1. The molecule has 28 heavy (non-hydrogen) atoms. The third kappa shape index (κ3) is 3.48. The summed E-state index contributed by atoms with van der Waals surface area (Å²) in [4.78, 5) is 28.7. The standard InChI is InChI=1S/C20H15Cl2N3O3/c21-18-16(25(20(22)24-18)12-6-2-1-3-7-12)11-28-19(27)14-10-17(26)23-15-9-5-4-8-13(14)15/h1-9,14H,10-11H2,(H,23,26).